The number of carbonyl (C=O) groups is 1. The molecule has 0 aromatic carbocycles. The summed E-state index contributed by atoms with van der Waals surface area (Å²) in [6, 6.07) is 3.73. The number of pyridine rings is 1. The Kier molecular flexibility index (Phi) is 4.24. The van der Waals surface area contributed by atoms with Crippen molar-refractivity contribution in [1.29, 1.82) is 0 Å². The highest BCUT2D eigenvalue weighted by Gasteiger charge is 2.10. The zero-order valence-corrected chi connectivity index (χ0v) is 8.93. The van der Waals surface area contributed by atoms with Crippen molar-refractivity contribution in [3.05, 3.63) is 29.6 Å². The number of nitrogens with zero attached hydrogens (tertiary/aromatic N) is 1. The third-order valence-electron chi connectivity index (χ3n) is 2.18. The largest absolute Gasteiger partial charge is 0.481 e. The van der Waals surface area contributed by atoms with Crippen LogP contribution < -0.4 is 0 Å². The average molecular weight is 209 g/mol. The minimum Gasteiger partial charge on any atom is -0.481 e. The molecule has 1 unspecified atom stereocenters. The normalized spacial score (nSPS) is 12.4. The van der Waals surface area contributed by atoms with E-state index < -0.39 is 5.97 Å². The van der Waals surface area contributed by atoms with Crippen molar-refractivity contribution in [2.24, 2.45) is 0 Å². The summed E-state index contributed by atoms with van der Waals surface area (Å²) in [5.41, 5.74) is 1.81. The van der Waals surface area contributed by atoms with Crippen LogP contribution in [0.5, 0.6) is 0 Å². The molecule has 0 fully saturated rings. The van der Waals surface area contributed by atoms with E-state index >= 15 is 0 Å². The molecule has 0 aliphatic heterocycles. The Balaban J connectivity index is 2.75. The maximum atomic E-state index is 10.6. The number of hydrogen-bond donors (Lipinski definition) is 1. The number of aromatic nitrogens is 1. The van der Waals surface area contributed by atoms with Gasteiger partial charge in [0.25, 0.3) is 0 Å². The van der Waals surface area contributed by atoms with Crippen LogP contribution in [0.3, 0.4) is 0 Å². The zero-order chi connectivity index (χ0) is 11.3. The molecule has 0 aliphatic carbocycles. The van der Waals surface area contributed by atoms with Gasteiger partial charge in [0.05, 0.1) is 18.7 Å². The number of methoxy groups -OCH3 is 1. The van der Waals surface area contributed by atoms with E-state index in [1.165, 1.54) is 0 Å². The highest BCUT2D eigenvalue weighted by Crippen LogP contribution is 2.19. The molecule has 0 spiro atoms. The molecule has 1 N–H and O–H groups in total. The lowest BCUT2D eigenvalue weighted by molar-refractivity contribution is -0.137. The second kappa shape index (κ2) is 5.46. The highest BCUT2D eigenvalue weighted by atomic mass is 16.5. The van der Waals surface area contributed by atoms with E-state index in [-0.39, 0.29) is 12.3 Å². The lowest BCUT2D eigenvalue weighted by Crippen LogP contribution is -2.04. The van der Waals surface area contributed by atoms with E-state index in [1.54, 1.807) is 13.3 Å². The van der Waals surface area contributed by atoms with Gasteiger partial charge in [-0.05, 0) is 23.6 Å². The number of ether oxygens (including phenoxy) is 1. The molecular formula is C11H15NO3. The lowest BCUT2D eigenvalue weighted by Gasteiger charge is -2.09. The molecule has 15 heavy (non-hydrogen) atoms. The van der Waals surface area contributed by atoms with Gasteiger partial charge < -0.3 is 9.84 Å². The topological polar surface area (TPSA) is 59.4 Å². The molecule has 1 aromatic heterocycles. The van der Waals surface area contributed by atoms with Crippen LogP contribution in [0.4, 0.5) is 0 Å². The van der Waals surface area contributed by atoms with E-state index in [0.29, 0.717) is 6.61 Å². The minimum absolute atomic E-state index is 0.00102. The van der Waals surface area contributed by atoms with E-state index in [4.69, 9.17) is 9.84 Å². The summed E-state index contributed by atoms with van der Waals surface area (Å²) in [6.45, 7) is 2.34. The standard InChI is InChI=1S/C11H15NO3/c1-8(5-11(13)14)9-3-4-12-10(6-9)7-15-2/h3-4,6,8H,5,7H2,1-2H3,(H,13,14). The molecule has 0 bridgehead atoms. The number of rotatable bonds is 5. The summed E-state index contributed by atoms with van der Waals surface area (Å²) < 4.78 is 4.96. The summed E-state index contributed by atoms with van der Waals surface area (Å²) in [4.78, 5) is 14.7. The fourth-order valence-corrected chi connectivity index (χ4v) is 1.41. The maximum Gasteiger partial charge on any atom is 0.303 e. The van der Waals surface area contributed by atoms with Gasteiger partial charge in [0.2, 0.25) is 0 Å². The van der Waals surface area contributed by atoms with Crippen molar-refractivity contribution in [3.63, 3.8) is 0 Å². The molecule has 0 amide bonds. The lowest BCUT2D eigenvalue weighted by atomic mass is 9.98. The molecule has 1 aromatic rings. The second-order valence-corrected chi connectivity index (χ2v) is 3.51. The van der Waals surface area contributed by atoms with Gasteiger partial charge in [-0.15, -0.1) is 0 Å². The van der Waals surface area contributed by atoms with Crippen molar-refractivity contribution in [2.45, 2.75) is 25.9 Å². The molecule has 4 nitrogen and oxygen atoms in total. The van der Waals surface area contributed by atoms with Crippen molar-refractivity contribution >= 4 is 5.97 Å². The smallest absolute Gasteiger partial charge is 0.303 e. The van der Waals surface area contributed by atoms with Crippen LogP contribution in [0.1, 0.15) is 30.5 Å². The summed E-state index contributed by atoms with van der Waals surface area (Å²) in [5.74, 6) is -0.784. The molecule has 4 heteroatoms. The number of hydrogen-bond acceptors (Lipinski definition) is 3. The third kappa shape index (κ3) is 3.67. The average Bonchev–Trinajstić information content (AvgIpc) is 2.17. The molecule has 1 heterocycles. The van der Waals surface area contributed by atoms with Crippen LogP contribution in [-0.2, 0) is 16.1 Å². The van der Waals surface area contributed by atoms with Gasteiger partial charge in [-0.2, -0.15) is 0 Å². The van der Waals surface area contributed by atoms with Crippen molar-refractivity contribution in [1.82, 2.24) is 4.98 Å². The van der Waals surface area contributed by atoms with Crippen LogP contribution in [0.2, 0.25) is 0 Å². The first-order valence-electron chi connectivity index (χ1n) is 4.79. The minimum atomic E-state index is -0.785. The number of aliphatic carboxylic acids is 1. The van der Waals surface area contributed by atoms with Crippen LogP contribution in [0.25, 0.3) is 0 Å². The molecule has 0 saturated heterocycles. The van der Waals surface area contributed by atoms with E-state index in [2.05, 4.69) is 4.98 Å². The van der Waals surface area contributed by atoms with Gasteiger partial charge in [-0.25, -0.2) is 0 Å². The predicted molar refractivity (Wildman–Crippen MR) is 55.6 cm³/mol. The van der Waals surface area contributed by atoms with Gasteiger partial charge in [0.15, 0.2) is 0 Å². The van der Waals surface area contributed by atoms with Crippen LogP contribution in [-0.4, -0.2) is 23.2 Å². The fourth-order valence-electron chi connectivity index (χ4n) is 1.41. The first-order chi connectivity index (χ1) is 7.13. The monoisotopic (exact) mass is 209 g/mol. The molecule has 1 rings (SSSR count). The Bertz CT molecular complexity index is 338. The summed E-state index contributed by atoms with van der Waals surface area (Å²) in [7, 11) is 1.61. The molecule has 0 aliphatic rings. The molecular weight excluding hydrogens is 194 g/mol. The summed E-state index contributed by atoms with van der Waals surface area (Å²) >= 11 is 0. The first kappa shape index (κ1) is 11.7. The van der Waals surface area contributed by atoms with Crippen LogP contribution in [0.15, 0.2) is 18.3 Å². The van der Waals surface area contributed by atoms with Gasteiger partial charge in [0.1, 0.15) is 0 Å². The quantitative estimate of drug-likeness (QED) is 0.803. The van der Waals surface area contributed by atoms with E-state index in [9.17, 15) is 4.79 Å². The highest BCUT2D eigenvalue weighted by molar-refractivity contribution is 5.67. The Hall–Kier alpha value is -1.42. The maximum absolute atomic E-state index is 10.6. The second-order valence-electron chi connectivity index (χ2n) is 3.51. The Labute approximate surface area is 88.9 Å². The Morgan fingerprint density at radius 2 is 2.40 bits per heavy atom. The summed E-state index contributed by atoms with van der Waals surface area (Å²) in [6.07, 6.45) is 1.82. The van der Waals surface area contributed by atoms with E-state index in [1.807, 2.05) is 19.1 Å². The summed E-state index contributed by atoms with van der Waals surface area (Å²) in [5, 5.41) is 8.68. The van der Waals surface area contributed by atoms with Crippen LogP contribution in [0, 0.1) is 0 Å². The molecule has 1 atom stereocenters. The van der Waals surface area contributed by atoms with Gasteiger partial charge in [-0.3, -0.25) is 9.78 Å². The van der Waals surface area contributed by atoms with Gasteiger partial charge in [0, 0.05) is 13.3 Å². The van der Waals surface area contributed by atoms with Crippen molar-refractivity contribution < 1.29 is 14.6 Å². The predicted octanol–water partition coefficient (Wildman–Crippen LogP) is 1.81. The van der Waals surface area contributed by atoms with Crippen LogP contribution >= 0.6 is 0 Å². The van der Waals surface area contributed by atoms with Gasteiger partial charge >= 0.3 is 5.97 Å². The molecule has 0 saturated carbocycles. The Morgan fingerprint density at radius 3 is 3.00 bits per heavy atom. The Morgan fingerprint density at radius 1 is 1.67 bits per heavy atom. The number of carboxylic acid groups (broad SMARTS) is 1. The van der Waals surface area contributed by atoms with Crippen molar-refractivity contribution in [3.8, 4) is 0 Å². The zero-order valence-electron chi connectivity index (χ0n) is 8.93. The number of carboxylic acids is 1. The van der Waals surface area contributed by atoms with Crippen molar-refractivity contribution in [2.75, 3.05) is 7.11 Å². The SMILES string of the molecule is COCc1cc(C(C)CC(=O)O)ccn1. The van der Waals surface area contributed by atoms with E-state index in [0.717, 1.165) is 11.3 Å². The molecule has 0 radical (unpaired) electrons. The van der Waals surface area contributed by atoms with Gasteiger partial charge in [-0.1, -0.05) is 6.92 Å². The third-order valence-corrected chi connectivity index (χ3v) is 2.18. The molecule has 82 valence electrons. The fraction of sp³-hybridized carbons (Fsp3) is 0.455. The first-order valence-corrected chi connectivity index (χ1v) is 4.79.